The molecule has 3 heteroatoms. The Labute approximate surface area is 52.7 Å². The SMILES string of the molecule is ON=CC1=CC=C[N+]=C1. The molecule has 0 saturated carbocycles. The highest BCUT2D eigenvalue weighted by molar-refractivity contribution is 6.04. The van der Waals surface area contributed by atoms with Crippen molar-refractivity contribution in [2.75, 3.05) is 0 Å². The van der Waals surface area contributed by atoms with Gasteiger partial charge in [-0.15, -0.1) is 0 Å². The third kappa shape index (κ3) is 1.53. The fourth-order valence-corrected chi connectivity index (χ4v) is 0.519. The summed E-state index contributed by atoms with van der Waals surface area (Å²) in [5, 5.41) is 10.9. The molecule has 0 fully saturated rings. The second-order valence-corrected chi connectivity index (χ2v) is 1.53. The first-order chi connectivity index (χ1) is 4.43. The number of aliphatic imine (C=N–C) groups is 1. The van der Waals surface area contributed by atoms with Crippen LogP contribution in [0.1, 0.15) is 0 Å². The summed E-state index contributed by atoms with van der Waals surface area (Å²) < 4.78 is 0. The highest BCUT2D eigenvalue weighted by Crippen LogP contribution is 1.88. The predicted molar refractivity (Wildman–Crippen MR) is 35.7 cm³/mol. The van der Waals surface area contributed by atoms with E-state index < -0.39 is 0 Å². The number of rotatable bonds is 1. The van der Waals surface area contributed by atoms with Crippen LogP contribution in [0.25, 0.3) is 0 Å². The topological polar surface area (TPSA) is 46.7 Å². The van der Waals surface area contributed by atoms with Crippen LogP contribution in [0, 0.1) is 0 Å². The minimum Gasteiger partial charge on any atom is -0.411 e. The first-order valence-corrected chi connectivity index (χ1v) is 2.51. The second-order valence-electron chi connectivity index (χ2n) is 1.53. The van der Waals surface area contributed by atoms with Crippen molar-refractivity contribution in [3.05, 3.63) is 23.9 Å². The molecular formula is C6H6N2O+. The van der Waals surface area contributed by atoms with Crippen LogP contribution >= 0.6 is 0 Å². The normalized spacial score (nSPS) is 16.7. The maximum absolute atomic E-state index is 8.06. The average molecular weight is 122 g/mol. The molecule has 1 N–H and O–H groups in total. The van der Waals surface area contributed by atoms with Crippen molar-refractivity contribution in [1.29, 1.82) is 0 Å². The highest BCUT2D eigenvalue weighted by Gasteiger charge is 1.97. The Morgan fingerprint density at radius 2 is 2.56 bits per heavy atom. The van der Waals surface area contributed by atoms with Gasteiger partial charge in [-0.3, -0.25) is 0 Å². The van der Waals surface area contributed by atoms with Gasteiger partial charge in [0.25, 0.3) is 6.21 Å². The molecule has 1 radical (unpaired) electrons. The number of hydrogen-bond acceptors (Lipinski definition) is 3. The van der Waals surface area contributed by atoms with Gasteiger partial charge in [0, 0.05) is 6.08 Å². The number of oxime groups is 1. The summed E-state index contributed by atoms with van der Waals surface area (Å²) >= 11 is 0. The predicted octanol–water partition coefficient (Wildman–Crippen LogP) is 0.307. The van der Waals surface area contributed by atoms with E-state index in [9.17, 15) is 0 Å². The van der Waals surface area contributed by atoms with E-state index in [1.165, 1.54) is 6.21 Å². The summed E-state index contributed by atoms with van der Waals surface area (Å²) in [6.07, 6.45) is 8.17. The Balaban J connectivity index is 2.72. The van der Waals surface area contributed by atoms with Crippen molar-refractivity contribution in [2.24, 2.45) is 5.16 Å². The minimum absolute atomic E-state index is 0.792. The van der Waals surface area contributed by atoms with Crippen LogP contribution in [0.5, 0.6) is 0 Å². The molecule has 1 heterocycles. The lowest BCUT2D eigenvalue weighted by atomic mass is 10.2. The molecule has 3 nitrogen and oxygen atoms in total. The quantitative estimate of drug-likeness (QED) is 0.303. The summed E-state index contributed by atoms with van der Waals surface area (Å²) in [7, 11) is 0. The van der Waals surface area contributed by atoms with Crippen molar-refractivity contribution in [3.63, 3.8) is 0 Å². The Bertz CT molecular complexity index is 201. The average Bonchev–Trinajstić information content (AvgIpc) is 1.91. The van der Waals surface area contributed by atoms with E-state index in [4.69, 9.17) is 5.21 Å². The lowest BCUT2D eigenvalue weighted by Crippen LogP contribution is -1.94. The first-order valence-electron chi connectivity index (χ1n) is 2.51. The van der Waals surface area contributed by atoms with Gasteiger partial charge in [0.15, 0.2) is 0 Å². The molecule has 0 aromatic carbocycles. The fraction of sp³-hybridized carbons (Fsp3) is 0. The highest BCUT2D eigenvalue weighted by atomic mass is 16.4. The zero-order valence-electron chi connectivity index (χ0n) is 4.73. The molecule has 45 valence electrons. The zero-order chi connectivity index (χ0) is 6.53. The van der Waals surface area contributed by atoms with Gasteiger partial charge in [-0.05, 0) is 6.08 Å². The number of hydrogen-bond donors (Lipinski definition) is 1. The Morgan fingerprint density at radius 1 is 1.67 bits per heavy atom. The molecule has 9 heavy (non-hydrogen) atoms. The van der Waals surface area contributed by atoms with Crippen LogP contribution in [0.3, 0.4) is 0 Å². The maximum atomic E-state index is 8.06. The van der Waals surface area contributed by atoms with E-state index >= 15 is 0 Å². The summed E-state index contributed by atoms with van der Waals surface area (Å²) in [6, 6.07) is 0. The van der Waals surface area contributed by atoms with Crippen molar-refractivity contribution < 1.29 is 5.21 Å². The molecule has 0 aromatic rings. The van der Waals surface area contributed by atoms with Crippen LogP contribution < -0.4 is 4.99 Å². The van der Waals surface area contributed by atoms with Crippen molar-refractivity contribution >= 4 is 12.4 Å². The molecule has 0 atom stereocenters. The van der Waals surface area contributed by atoms with Gasteiger partial charge in [-0.1, -0.05) is 5.16 Å². The van der Waals surface area contributed by atoms with Gasteiger partial charge < -0.3 is 5.21 Å². The summed E-state index contributed by atoms with van der Waals surface area (Å²) in [5.41, 5.74) is 0.792. The van der Waals surface area contributed by atoms with Crippen LogP contribution in [-0.2, 0) is 0 Å². The molecule has 0 aliphatic carbocycles. The zero-order valence-corrected chi connectivity index (χ0v) is 4.73. The Morgan fingerprint density at radius 3 is 3.11 bits per heavy atom. The van der Waals surface area contributed by atoms with E-state index in [1.54, 1.807) is 24.6 Å². The molecule has 1 rings (SSSR count). The lowest BCUT2D eigenvalue weighted by Gasteiger charge is -1.81. The summed E-state index contributed by atoms with van der Waals surface area (Å²) in [5.74, 6) is 0. The van der Waals surface area contributed by atoms with Crippen LogP contribution in [0.2, 0.25) is 0 Å². The molecule has 0 aromatic heterocycles. The van der Waals surface area contributed by atoms with Crippen LogP contribution in [0.15, 0.2) is 29.1 Å². The molecule has 0 bridgehead atoms. The number of nitrogens with zero attached hydrogens (tertiary/aromatic N) is 2. The van der Waals surface area contributed by atoms with Crippen LogP contribution in [-0.4, -0.2) is 17.6 Å². The van der Waals surface area contributed by atoms with Gasteiger partial charge in [0.1, 0.15) is 0 Å². The molecule has 0 saturated heterocycles. The monoisotopic (exact) mass is 122 g/mol. The third-order valence-electron chi connectivity index (χ3n) is 0.891. The fourth-order valence-electron chi connectivity index (χ4n) is 0.519. The van der Waals surface area contributed by atoms with E-state index in [2.05, 4.69) is 10.1 Å². The second kappa shape index (κ2) is 2.81. The van der Waals surface area contributed by atoms with Gasteiger partial charge in [0.2, 0.25) is 6.20 Å². The van der Waals surface area contributed by atoms with Gasteiger partial charge in [-0.2, -0.15) is 0 Å². The van der Waals surface area contributed by atoms with E-state index in [0.29, 0.717) is 0 Å². The number of allylic oxidation sites excluding steroid dienone is 3. The Kier molecular flexibility index (Phi) is 1.80. The minimum atomic E-state index is 0.792. The molecule has 1 aliphatic rings. The molecule has 0 unspecified atom stereocenters. The van der Waals surface area contributed by atoms with Gasteiger partial charge >= 0.3 is 0 Å². The van der Waals surface area contributed by atoms with Crippen molar-refractivity contribution in [3.8, 4) is 0 Å². The standard InChI is InChI=1S/C6H6N2O/c9-8-5-6-2-1-3-7-4-6/h1-5,9H/q+1. The summed E-state index contributed by atoms with van der Waals surface area (Å²) in [6.45, 7) is 0. The van der Waals surface area contributed by atoms with Gasteiger partial charge in [-0.25, -0.2) is 0 Å². The van der Waals surface area contributed by atoms with E-state index in [1.807, 2.05) is 0 Å². The third-order valence-corrected chi connectivity index (χ3v) is 0.891. The summed E-state index contributed by atoms with van der Waals surface area (Å²) in [4.78, 5) is 3.80. The molecule has 1 aliphatic heterocycles. The lowest BCUT2D eigenvalue weighted by molar-refractivity contribution is 0.322. The van der Waals surface area contributed by atoms with Crippen molar-refractivity contribution in [2.45, 2.75) is 0 Å². The molecule has 0 amide bonds. The van der Waals surface area contributed by atoms with Crippen LogP contribution in [0.4, 0.5) is 0 Å². The molecule has 0 spiro atoms. The van der Waals surface area contributed by atoms with Gasteiger partial charge in [0.05, 0.1) is 16.8 Å². The first kappa shape index (κ1) is 5.75. The largest absolute Gasteiger partial charge is 0.411 e. The van der Waals surface area contributed by atoms with Crippen molar-refractivity contribution in [1.82, 2.24) is 4.99 Å². The van der Waals surface area contributed by atoms with E-state index in [0.717, 1.165) is 5.57 Å². The smallest absolute Gasteiger partial charge is 0.251 e. The Hall–Kier alpha value is -1.38. The maximum Gasteiger partial charge on any atom is 0.251 e. The van der Waals surface area contributed by atoms with E-state index in [-0.39, 0.29) is 0 Å². The molecular weight excluding hydrogens is 116 g/mol.